The Kier molecular flexibility index (Phi) is 3.18. The highest BCUT2D eigenvalue weighted by atomic mass is 16.6. The topological polar surface area (TPSA) is 29.5 Å². The molecule has 0 aromatic rings. The zero-order valence-corrected chi connectivity index (χ0v) is 9.17. The van der Waals surface area contributed by atoms with Crippen molar-refractivity contribution < 1.29 is 9.84 Å². The van der Waals surface area contributed by atoms with Gasteiger partial charge in [-0.15, -0.1) is 0 Å². The lowest BCUT2D eigenvalue weighted by atomic mass is 9.41. The van der Waals surface area contributed by atoms with Gasteiger partial charge in [-0.1, -0.05) is 32.0 Å². The van der Waals surface area contributed by atoms with Gasteiger partial charge in [-0.3, -0.25) is 0 Å². The van der Waals surface area contributed by atoms with Gasteiger partial charge >= 0.3 is 0 Å². The molecule has 2 nitrogen and oxygen atoms in total. The van der Waals surface area contributed by atoms with E-state index in [1.807, 2.05) is 0 Å². The summed E-state index contributed by atoms with van der Waals surface area (Å²) in [5.41, 5.74) is 0. The summed E-state index contributed by atoms with van der Waals surface area (Å²) in [6, 6.07) is 0. The van der Waals surface area contributed by atoms with Gasteiger partial charge in [0.25, 0.3) is 0 Å². The fourth-order valence-corrected chi connectivity index (χ4v) is 3.16. The van der Waals surface area contributed by atoms with Crippen LogP contribution in [0.4, 0.5) is 0 Å². The molecular formula is C11H21BO2. The van der Waals surface area contributed by atoms with Crippen LogP contribution in [0, 0.1) is 0 Å². The summed E-state index contributed by atoms with van der Waals surface area (Å²) < 4.78 is 5.52. The van der Waals surface area contributed by atoms with Crippen molar-refractivity contribution in [3.63, 3.8) is 0 Å². The van der Waals surface area contributed by atoms with Crippen molar-refractivity contribution in [2.24, 2.45) is 0 Å². The van der Waals surface area contributed by atoms with Crippen molar-refractivity contribution >= 4 is 7.28 Å². The van der Waals surface area contributed by atoms with Crippen LogP contribution in [0.5, 0.6) is 0 Å². The van der Waals surface area contributed by atoms with Crippen molar-refractivity contribution in [2.75, 3.05) is 6.61 Å². The first-order chi connectivity index (χ1) is 6.73. The first kappa shape index (κ1) is 10.5. The van der Waals surface area contributed by atoms with Crippen molar-refractivity contribution in [1.29, 1.82) is 0 Å². The van der Waals surface area contributed by atoms with E-state index < -0.39 is 6.29 Å². The maximum absolute atomic E-state index is 10.1. The van der Waals surface area contributed by atoms with Gasteiger partial charge in [0, 0.05) is 6.61 Å². The number of hydrogen-bond acceptors (Lipinski definition) is 2. The third-order valence-corrected chi connectivity index (χ3v) is 4.01. The molecule has 0 aromatic carbocycles. The molecule has 0 aromatic heterocycles. The van der Waals surface area contributed by atoms with Crippen LogP contribution in [0.3, 0.4) is 0 Å². The third kappa shape index (κ3) is 1.99. The lowest BCUT2D eigenvalue weighted by molar-refractivity contribution is -0.130. The van der Waals surface area contributed by atoms with Crippen molar-refractivity contribution in [3.05, 3.63) is 0 Å². The molecule has 0 bridgehead atoms. The van der Waals surface area contributed by atoms with Crippen LogP contribution in [0.2, 0.25) is 11.1 Å². The summed E-state index contributed by atoms with van der Waals surface area (Å²) >= 11 is 0. The van der Waals surface area contributed by atoms with E-state index in [4.69, 9.17) is 4.74 Å². The van der Waals surface area contributed by atoms with E-state index in [9.17, 15) is 5.11 Å². The Morgan fingerprint density at radius 3 is 2.71 bits per heavy atom. The minimum Gasteiger partial charge on any atom is -0.368 e. The average Bonchev–Trinajstić information content (AvgIpc) is 2.29. The summed E-state index contributed by atoms with van der Waals surface area (Å²) in [4.78, 5) is 0. The molecule has 1 heterocycles. The quantitative estimate of drug-likeness (QED) is 0.601. The minimum absolute atomic E-state index is 0.105. The molecule has 1 aliphatic carbocycles. The van der Waals surface area contributed by atoms with Gasteiger partial charge in [-0.05, 0) is 24.6 Å². The van der Waals surface area contributed by atoms with Crippen LogP contribution in [-0.2, 0) is 4.74 Å². The fourth-order valence-electron chi connectivity index (χ4n) is 3.16. The molecule has 3 heteroatoms. The Labute approximate surface area is 87.3 Å². The van der Waals surface area contributed by atoms with Gasteiger partial charge < -0.3 is 9.84 Å². The largest absolute Gasteiger partial charge is 0.368 e. The summed E-state index contributed by atoms with van der Waals surface area (Å²) in [5.74, 6) is 0.713. The predicted octanol–water partition coefficient (Wildman–Crippen LogP) is 2.09. The number of hydrogen-bond donors (Lipinski definition) is 1. The molecule has 1 saturated heterocycles. The summed E-state index contributed by atoms with van der Waals surface area (Å²) in [7, 11) is 1.16. The Bertz CT molecular complexity index is 190. The number of ether oxygens (including phenoxy) is 1. The first-order valence-electron chi connectivity index (χ1n) is 6.03. The van der Waals surface area contributed by atoms with Gasteiger partial charge in [0.1, 0.15) is 7.28 Å². The zero-order valence-electron chi connectivity index (χ0n) is 9.17. The van der Waals surface area contributed by atoms with Crippen LogP contribution in [0.1, 0.15) is 45.4 Å². The van der Waals surface area contributed by atoms with Crippen LogP contribution in [0.25, 0.3) is 0 Å². The van der Waals surface area contributed by atoms with Crippen molar-refractivity contribution in [2.45, 2.75) is 62.9 Å². The predicted molar refractivity (Wildman–Crippen MR) is 58.9 cm³/mol. The van der Waals surface area contributed by atoms with Crippen molar-refractivity contribution in [3.8, 4) is 0 Å². The van der Waals surface area contributed by atoms with E-state index in [1.54, 1.807) is 0 Å². The van der Waals surface area contributed by atoms with Gasteiger partial charge in [0.2, 0.25) is 0 Å². The molecule has 2 fully saturated rings. The normalized spacial score (nSPS) is 37.6. The molecule has 2 unspecified atom stereocenters. The van der Waals surface area contributed by atoms with Crippen LogP contribution in [0.15, 0.2) is 0 Å². The van der Waals surface area contributed by atoms with Crippen molar-refractivity contribution in [1.82, 2.24) is 0 Å². The zero-order chi connectivity index (χ0) is 10.0. The first-order valence-corrected chi connectivity index (χ1v) is 6.03. The smallest absolute Gasteiger partial charge is 0.153 e. The minimum atomic E-state index is -0.493. The number of aliphatic hydroxyl groups is 1. The lowest BCUT2D eigenvalue weighted by Gasteiger charge is -2.39. The van der Waals surface area contributed by atoms with E-state index in [2.05, 4.69) is 6.92 Å². The molecule has 2 aliphatic rings. The molecule has 1 aliphatic heterocycles. The molecule has 2 rings (SSSR count). The molecule has 1 saturated carbocycles. The number of aliphatic hydroxyl groups excluding tert-OH is 1. The van der Waals surface area contributed by atoms with E-state index in [-0.39, 0.29) is 5.31 Å². The van der Waals surface area contributed by atoms with Gasteiger partial charge in [0.15, 0.2) is 6.29 Å². The summed E-state index contributed by atoms with van der Waals surface area (Å²) in [5, 5.41) is 10.2. The van der Waals surface area contributed by atoms with E-state index in [1.165, 1.54) is 32.1 Å². The molecule has 1 spiro atoms. The summed E-state index contributed by atoms with van der Waals surface area (Å²) in [6.45, 7) is 3.03. The van der Waals surface area contributed by atoms with E-state index >= 15 is 0 Å². The molecule has 80 valence electrons. The molecule has 14 heavy (non-hydrogen) atoms. The maximum atomic E-state index is 10.1. The second-order valence-corrected chi connectivity index (χ2v) is 5.24. The Morgan fingerprint density at radius 2 is 2.00 bits per heavy atom. The Hall–Kier alpha value is -0.0151. The van der Waals surface area contributed by atoms with Gasteiger partial charge in [-0.2, -0.15) is 0 Å². The monoisotopic (exact) mass is 196 g/mol. The molecular weight excluding hydrogens is 175 g/mol. The highest BCUT2D eigenvalue weighted by Gasteiger charge is 2.42. The second-order valence-electron chi connectivity index (χ2n) is 5.24. The standard InChI is InChI=1S/C11H21BO2/c1-9-5-8-14-10(13)11(12-9)6-3-2-4-7-11/h9-10,12-13H,2-8H2,1H3. The second kappa shape index (κ2) is 4.24. The number of rotatable bonds is 0. The maximum Gasteiger partial charge on any atom is 0.153 e. The highest BCUT2D eigenvalue weighted by molar-refractivity contribution is 6.42. The molecule has 0 amide bonds. The SMILES string of the molecule is CC1BC2(CCCCC2)C(O)OCC1. The fraction of sp³-hybridized carbons (Fsp3) is 1.00. The lowest BCUT2D eigenvalue weighted by Crippen LogP contribution is -2.36. The highest BCUT2D eigenvalue weighted by Crippen LogP contribution is 2.49. The summed E-state index contributed by atoms with van der Waals surface area (Å²) in [6.07, 6.45) is 6.83. The molecule has 2 atom stereocenters. The van der Waals surface area contributed by atoms with E-state index in [0.29, 0.717) is 5.82 Å². The Morgan fingerprint density at radius 1 is 1.29 bits per heavy atom. The van der Waals surface area contributed by atoms with E-state index in [0.717, 1.165) is 20.3 Å². The average molecular weight is 196 g/mol. The van der Waals surface area contributed by atoms with Crippen LogP contribution in [-0.4, -0.2) is 25.3 Å². The molecule has 1 N–H and O–H groups in total. The molecule has 0 radical (unpaired) electrons. The van der Waals surface area contributed by atoms with Gasteiger partial charge in [-0.25, -0.2) is 0 Å². The van der Waals surface area contributed by atoms with Crippen LogP contribution >= 0.6 is 0 Å². The van der Waals surface area contributed by atoms with Gasteiger partial charge in [0.05, 0.1) is 0 Å². The van der Waals surface area contributed by atoms with Crippen LogP contribution < -0.4 is 0 Å². The third-order valence-electron chi connectivity index (χ3n) is 4.01. The Balaban J connectivity index is 2.10.